The minimum Gasteiger partial charge on any atom is -0.492 e. The first-order chi connectivity index (χ1) is 13.4. The van der Waals surface area contributed by atoms with Gasteiger partial charge in [-0.05, 0) is 64.8 Å². The molecule has 2 heteroatoms. The highest BCUT2D eigenvalue weighted by Gasteiger charge is 2.19. The van der Waals surface area contributed by atoms with Crippen molar-refractivity contribution in [2.45, 2.75) is 19.3 Å². The van der Waals surface area contributed by atoms with E-state index in [4.69, 9.17) is 16.3 Å². The molecule has 4 rings (SSSR count). The average molecular weight is 375 g/mol. The number of aryl methyl sites for hydroxylation is 1. The van der Waals surface area contributed by atoms with Gasteiger partial charge in [-0.2, -0.15) is 0 Å². The first kappa shape index (κ1) is 17.9. The first-order valence-corrected chi connectivity index (χ1v) is 10.1. The number of alkyl halides is 1. The van der Waals surface area contributed by atoms with Crippen molar-refractivity contribution in [2.24, 2.45) is 0 Å². The van der Waals surface area contributed by atoms with Gasteiger partial charge in [0.15, 0.2) is 0 Å². The van der Waals surface area contributed by atoms with Crippen LogP contribution in [-0.2, 0) is 6.42 Å². The molecule has 27 heavy (non-hydrogen) atoms. The van der Waals surface area contributed by atoms with Crippen LogP contribution < -0.4 is 4.74 Å². The largest absolute Gasteiger partial charge is 0.492 e. The summed E-state index contributed by atoms with van der Waals surface area (Å²) in [5, 5.41) is 0. The fraction of sp³-hybridized carbons (Fsp3) is 0.200. The summed E-state index contributed by atoms with van der Waals surface area (Å²) in [6, 6.07) is 28.0. The molecule has 136 valence electrons. The van der Waals surface area contributed by atoms with Gasteiger partial charge < -0.3 is 4.74 Å². The third kappa shape index (κ3) is 3.94. The van der Waals surface area contributed by atoms with Gasteiger partial charge in [0.1, 0.15) is 12.4 Å². The summed E-state index contributed by atoms with van der Waals surface area (Å²) in [5.74, 6) is 1.36. The summed E-state index contributed by atoms with van der Waals surface area (Å²) in [5.41, 5.74) is 8.10. The van der Waals surface area contributed by atoms with Crippen LogP contribution in [0.4, 0.5) is 0 Å². The zero-order valence-electron chi connectivity index (χ0n) is 15.3. The summed E-state index contributed by atoms with van der Waals surface area (Å²) in [4.78, 5) is 0. The topological polar surface area (TPSA) is 9.23 Å². The molecule has 0 radical (unpaired) electrons. The van der Waals surface area contributed by atoms with E-state index < -0.39 is 0 Å². The molecule has 0 bridgehead atoms. The van der Waals surface area contributed by atoms with Crippen LogP contribution in [0.15, 0.2) is 78.9 Å². The molecule has 0 saturated carbocycles. The molecular weight excluding hydrogens is 352 g/mol. The molecule has 0 aromatic heterocycles. The third-order valence-electron chi connectivity index (χ3n) is 5.07. The number of fused-ring (bicyclic) bond motifs is 1. The molecule has 1 nitrogen and oxygen atoms in total. The van der Waals surface area contributed by atoms with Crippen molar-refractivity contribution in [3.05, 3.63) is 101 Å². The second-order valence-electron chi connectivity index (χ2n) is 6.79. The fourth-order valence-corrected chi connectivity index (χ4v) is 3.93. The summed E-state index contributed by atoms with van der Waals surface area (Å²) in [6.45, 7) is 0.529. The van der Waals surface area contributed by atoms with Gasteiger partial charge in [0.25, 0.3) is 0 Å². The van der Waals surface area contributed by atoms with Gasteiger partial charge in [-0.25, -0.2) is 0 Å². The van der Waals surface area contributed by atoms with E-state index in [1.165, 1.54) is 39.8 Å². The van der Waals surface area contributed by atoms with E-state index in [1.807, 2.05) is 12.1 Å². The van der Waals surface area contributed by atoms with Gasteiger partial charge in [-0.1, -0.05) is 66.7 Å². The Morgan fingerprint density at radius 2 is 1.48 bits per heavy atom. The lowest BCUT2D eigenvalue weighted by atomic mass is 9.88. The maximum absolute atomic E-state index is 5.73. The monoisotopic (exact) mass is 374 g/mol. The second-order valence-corrected chi connectivity index (χ2v) is 7.17. The predicted molar refractivity (Wildman–Crippen MR) is 114 cm³/mol. The maximum atomic E-state index is 5.73. The Balaban J connectivity index is 1.86. The Morgan fingerprint density at radius 3 is 2.26 bits per heavy atom. The van der Waals surface area contributed by atoms with Crippen LogP contribution in [-0.4, -0.2) is 12.5 Å². The number of ether oxygens (including phenoxy) is 1. The van der Waals surface area contributed by atoms with Crippen molar-refractivity contribution in [2.75, 3.05) is 12.5 Å². The molecule has 0 aliphatic heterocycles. The van der Waals surface area contributed by atoms with Crippen molar-refractivity contribution < 1.29 is 4.74 Å². The molecule has 3 aromatic carbocycles. The van der Waals surface area contributed by atoms with Crippen molar-refractivity contribution in [1.29, 1.82) is 0 Å². The smallest absolute Gasteiger partial charge is 0.119 e. The SMILES string of the molecule is ClCCOc1ccc(C2=C(c3ccccc3)CCCc3ccccc32)cc1. The van der Waals surface area contributed by atoms with Gasteiger partial charge in [0.2, 0.25) is 0 Å². The molecule has 3 aromatic rings. The lowest BCUT2D eigenvalue weighted by molar-refractivity contribution is 0.343. The Bertz CT molecular complexity index is 926. The minimum atomic E-state index is 0.498. The molecule has 1 aliphatic rings. The van der Waals surface area contributed by atoms with E-state index in [0.717, 1.165) is 18.6 Å². The van der Waals surface area contributed by atoms with Crippen molar-refractivity contribution in [3.63, 3.8) is 0 Å². The summed E-state index contributed by atoms with van der Waals surface area (Å²) in [6.07, 6.45) is 3.37. The van der Waals surface area contributed by atoms with Crippen molar-refractivity contribution in [3.8, 4) is 5.75 Å². The fourth-order valence-electron chi connectivity index (χ4n) is 3.86. The number of halogens is 1. The summed E-state index contributed by atoms with van der Waals surface area (Å²) < 4.78 is 5.66. The molecular formula is C25H23ClO. The average Bonchev–Trinajstić information content (AvgIpc) is 2.93. The molecule has 0 heterocycles. The Hall–Kier alpha value is -2.51. The van der Waals surface area contributed by atoms with Gasteiger partial charge in [0, 0.05) is 0 Å². The van der Waals surface area contributed by atoms with Crippen molar-refractivity contribution >= 4 is 22.7 Å². The van der Waals surface area contributed by atoms with Crippen LogP contribution in [0.2, 0.25) is 0 Å². The number of allylic oxidation sites excluding steroid dienone is 1. The first-order valence-electron chi connectivity index (χ1n) is 9.53. The molecule has 0 amide bonds. The van der Waals surface area contributed by atoms with Gasteiger partial charge in [-0.3, -0.25) is 0 Å². The third-order valence-corrected chi connectivity index (χ3v) is 5.23. The van der Waals surface area contributed by atoms with Crippen LogP contribution >= 0.6 is 11.6 Å². The summed E-state index contributed by atoms with van der Waals surface area (Å²) >= 11 is 5.73. The molecule has 0 N–H and O–H groups in total. The highest BCUT2D eigenvalue weighted by Crippen LogP contribution is 2.39. The van der Waals surface area contributed by atoms with Crippen LogP contribution in [0.5, 0.6) is 5.75 Å². The Morgan fingerprint density at radius 1 is 0.741 bits per heavy atom. The number of hydrogen-bond acceptors (Lipinski definition) is 1. The Kier molecular flexibility index (Phi) is 5.60. The van der Waals surface area contributed by atoms with E-state index in [-0.39, 0.29) is 0 Å². The van der Waals surface area contributed by atoms with E-state index in [1.54, 1.807) is 0 Å². The molecule has 0 fully saturated rings. The number of hydrogen-bond donors (Lipinski definition) is 0. The summed E-state index contributed by atoms with van der Waals surface area (Å²) in [7, 11) is 0. The lowest BCUT2D eigenvalue weighted by Crippen LogP contribution is -1.99. The van der Waals surface area contributed by atoms with E-state index in [0.29, 0.717) is 12.5 Å². The predicted octanol–water partition coefficient (Wildman–Crippen LogP) is 6.60. The standard InChI is InChI=1S/C25H23ClO/c26-17-18-27-22-15-13-21(14-16-22)25-23-11-5-4-9-20(23)10-6-12-24(25)19-7-2-1-3-8-19/h1-5,7-9,11,13-16H,6,10,12,17-18H2. The molecule has 0 saturated heterocycles. The molecule has 0 atom stereocenters. The van der Waals surface area contributed by atoms with E-state index >= 15 is 0 Å². The van der Waals surface area contributed by atoms with Crippen molar-refractivity contribution in [1.82, 2.24) is 0 Å². The zero-order chi connectivity index (χ0) is 18.5. The zero-order valence-corrected chi connectivity index (χ0v) is 16.1. The quantitative estimate of drug-likeness (QED) is 0.457. The van der Waals surface area contributed by atoms with E-state index in [2.05, 4.69) is 66.7 Å². The highest BCUT2D eigenvalue weighted by molar-refractivity contribution is 6.18. The van der Waals surface area contributed by atoms with Crippen LogP contribution in [0, 0.1) is 0 Å². The van der Waals surface area contributed by atoms with Gasteiger partial charge >= 0.3 is 0 Å². The molecule has 0 spiro atoms. The molecule has 0 unspecified atom stereocenters. The minimum absolute atomic E-state index is 0.498. The van der Waals surface area contributed by atoms with Crippen LogP contribution in [0.25, 0.3) is 11.1 Å². The second kappa shape index (κ2) is 8.45. The highest BCUT2D eigenvalue weighted by atomic mass is 35.5. The molecule has 1 aliphatic carbocycles. The lowest BCUT2D eigenvalue weighted by Gasteiger charge is -2.17. The maximum Gasteiger partial charge on any atom is 0.119 e. The normalized spacial score (nSPS) is 13.8. The van der Waals surface area contributed by atoms with Gasteiger partial charge in [0.05, 0.1) is 5.88 Å². The van der Waals surface area contributed by atoms with Crippen LogP contribution in [0.3, 0.4) is 0 Å². The number of rotatable bonds is 5. The van der Waals surface area contributed by atoms with E-state index in [9.17, 15) is 0 Å². The number of benzene rings is 3. The van der Waals surface area contributed by atoms with Gasteiger partial charge in [-0.15, -0.1) is 11.6 Å². The Labute approximate surface area is 166 Å². The van der Waals surface area contributed by atoms with Crippen LogP contribution in [0.1, 0.15) is 35.1 Å².